The third kappa shape index (κ3) is 2.93. The zero-order valence-corrected chi connectivity index (χ0v) is 12.5. The fraction of sp³-hybridized carbons (Fsp3) is 0.500. The van der Waals surface area contributed by atoms with E-state index in [1.165, 1.54) is 5.56 Å². The number of aromatic nitrogens is 3. The SMILES string of the molecule is CC(C)n1ncnc1COc1ccc2c(c1)C(O)CCC2. The number of ether oxygens (including phenoxy) is 1. The highest BCUT2D eigenvalue weighted by Crippen LogP contribution is 2.32. The number of rotatable bonds is 4. The Morgan fingerprint density at radius 2 is 2.29 bits per heavy atom. The van der Waals surface area contributed by atoms with Gasteiger partial charge in [-0.2, -0.15) is 5.10 Å². The highest BCUT2D eigenvalue weighted by atomic mass is 16.5. The van der Waals surface area contributed by atoms with Crippen molar-refractivity contribution in [2.75, 3.05) is 0 Å². The van der Waals surface area contributed by atoms with Gasteiger partial charge in [0.05, 0.1) is 6.10 Å². The Kier molecular flexibility index (Phi) is 3.92. The molecule has 0 fully saturated rings. The summed E-state index contributed by atoms with van der Waals surface area (Å²) in [6, 6.07) is 6.24. The predicted molar refractivity (Wildman–Crippen MR) is 79.1 cm³/mol. The summed E-state index contributed by atoms with van der Waals surface area (Å²) in [6.45, 7) is 4.51. The smallest absolute Gasteiger partial charge is 0.165 e. The first kappa shape index (κ1) is 14.1. The Bertz CT molecular complexity index is 622. The second kappa shape index (κ2) is 5.85. The minimum atomic E-state index is -0.364. The summed E-state index contributed by atoms with van der Waals surface area (Å²) < 4.78 is 7.68. The van der Waals surface area contributed by atoms with E-state index < -0.39 is 0 Å². The van der Waals surface area contributed by atoms with Crippen LogP contribution in [-0.2, 0) is 13.0 Å². The lowest BCUT2D eigenvalue weighted by molar-refractivity contribution is 0.156. The van der Waals surface area contributed by atoms with E-state index in [9.17, 15) is 5.11 Å². The highest BCUT2D eigenvalue weighted by Gasteiger charge is 2.18. The summed E-state index contributed by atoms with van der Waals surface area (Å²) in [6.07, 6.45) is 4.10. The summed E-state index contributed by atoms with van der Waals surface area (Å²) in [7, 11) is 0. The lowest BCUT2D eigenvalue weighted by Crippen LogP contribution is -2.12. The van der Waals surface area contributed by atoms with Crippen LogP contribution in [0.5, 0.6) is 5.75 Å². The maximum absolute atomic E-state index is 10.1. The number of nitrogens with zero attached hydrogens (tertiary/aromatic N) is 3. The summed E-state index contributed by atoms with van der Waals surface area (Å²) in [4.78, 5) is 4.23. The first-order valence-corrected chi connectivity index (χ1v) is 7.47. The number of hydrogen-bond acceptors (Lipinski definition) is 4. The molecule has 1 aromatic carbocycles. The number of aliphatic hydroxyl groups excluding tert-OH is 1. The van der Waals surface area contributed by atoms with Gasteiger partial charge in [-0.05, 0) is 56.4 Å². The highest BCUT2D eigenvalue weighted by molar-refractivity contribution is 5.38. The molecule has 0 aliphatic heterocycles. The molecule has 3 rings (SSSR count). The van der Waals surface area contributed by atoms with Gasteiger partial charge in [-0.25, -0.2) is 9.67 Å². The molecule has 1 aliphatic rings. The Morgan fingerprint density at radius 1 is 1.43 bits per heavy atom. The quantitative estimate of drug-likeness (QED) is 0.939. The van der Waals surface area contributed by atoms with Crippen LogP contribution in [0.2, 0.25) is 0 Å². The van der Waals surface area contributed by atoms with Crippen LogP contribution >= 0.6 is 0 Å². The van der Waals surface area contributed by atoms with Crippen molar-refractivity contribution < 1.29 is 9.84 Å². The molecule has 0 amide bonds. The van der Waals surface area contributed by atoms with Crippen molar-refractivity contribution in [3.8, 4) is 5.75 Å². The van der Waals surface area contributed by atoms with Crippen LogP contribution in [-0.4, -0.2) is 19.9 Å². The number of aliphatic hydroxyl groups is 1. The van der Waals surface area contributed by atoms with Crippen LogP contribution in [0.3, 0.4) is 0 Å². The number of hydrogen-bond donors (Lipinski definition) is 1. The first-order valence-electron chi connectivity index (χ1n) is 7.47. The van der Waals surface area contributed by atoms with Crippen LogP contribution in [0.1, 0.15) is 55.8 Å². The molecule has 0 saturated carbocycles. The molecule has 2 aromatic rings. The normalized spacial score (nSPS) is 17.8. The third-order valence-corrected chi connectivity index (χ3v) is 3.90. The van der Waals surface area contributed by atoms with Crippen molar-refractivity contribution in [2.45, 2.75) is 51.9 Å². The largest absolute Gasteiger partial charge is 0.486 e. The molecule has 1 N–H and O–H groups in total. The zero-order valence-electron chi connectivity index (χ0n) is 12.5. The van der Waals surface area contributed by atoms with Crippen LogP contribution in [0, 0.1) is 0 Å². The van der Waals surface area contributed by atoms with Crippen molar-refractivity contribution in [1.82, 2.24) is 14.8 Å². The van der Waals surface area contributed by atoms with Crippen LogP contribution in [0.4, 0.5) is 0 Å². The Morgan fingerprint density at radius 3 is 3.10 bits per heavy atom. The van der Waals surface area contributed by atoms with Gasteiger partial charge < -0.3 is 9.84 Å². The van der Waals surface area contributed by atoms with E-state index >= 15 is 0 Å². The first-order chi connectivity index (χ1) is 10.1. The molecule has 5 nitrogen and oxygen atoms in total. The van der Waals surface area contributed by atoms with Gasteiger partial charge >= 0.3 is 0 Å². The fourth-order valence-electron chi connectivity index (χ4n) is 2.80. The molecular weight excluding hydrogens is 266 g/mol. The predicted octanol–water partition coefficient (Wildman–Crippen LogP) is 2.81. The fourth-order valence-corrected chi connectivity index (χ4v) is 2.80. The van der Waals surface area contributed by atoms with E-state index in [-0.39, 0.29) is 12.1 Å². The van der Waals surface area contributed by atoms with Crippen molar-refractivity contribution >= 4 is 0 Å². The summed E-state index contributed by atoms with van der Waals surface area (Å²) in [5.41, 5.74) is 2.23. The molecule has 0 bridgehead atoms. The molecule has 112 valence electrons. The number of benzene rings is 1. The van der Waals surface area contributed by atoms with Crippen LogP contribution < -0.4 is 4.74 Å². The van der Waals surface area contributed by atoms with Crippen LogP contribution in [0.25, 0.3) is 0 Å². The van der Waals surface area contributed by atoms with E-state index in [1.807, 2.05) is 16.8 Å². The standard InChI is InChI=1S/C16H21N3O2/c1-11(2)19-16(17-10-18-19)9-21-13-7-6-12-4-3-5-15(20)14(12)8-13/h6-8,10-11,15,20H,3-5,9H2,1-2H3. The molecule has 0 spiro atoms. The molecule has 1 atom stereocenters. The molecule has 0 saturated heterocycles. The van der Waals surface area contributed by atoms with E-state index in [1.54, 1.807) is 6.33 Å². The lowest BCUT2D eigenvalue weighted by atomic mass is 9.89. The van der Waals surface area contributed by atoms with Gasteiger partial charge in [0.15, 0.2) is 5.82 Å². The van der Waals surface area contributed by atoms with Gasteiger partial charge in [0.1, 0.15) is 18.7 Å². The van der Waals surface area contributed by atoms with Crippen molar-refractivity contribution in [3.05, 3.63) is 41.5 Å². The third-order valence-electron chi connectivity index (χ3n) is 3.90. The van der Waals surface area contributed by atoms with E-state index in [0.29, 0.717) is 6.61 Å². The average Bonchev–Trinajstić information content (AvgIpc) is 2.94. The van der Waals surface area contributed by atoms with E-state index in [0.717, 1.165) is 36.4 Å². The van der Waals surface area contributed by atoms with E-state index in [4.69, 9.17) is 4.74 Å². The summed E-state index contributed by atoms with van der Waals surface area (Å²) in [5.74, 6) is 1.58. The number of fused-ring (bicyclic) bond motifs is 1. The van der Waals surface area contributed by atoms with Gasteiger partial charge in [-0.15, -0.1) is 0 Å². The molecular formula is C16H21N3O2. The number of aryl methyl sites for hydroxylation is 1. The average molecular weight is 287 g/mol. The second-order valence-electron chi connectivity index (χ2n) is 5.77. The second-order valence-corrected chi connectivity index (χ2v) is 5.77. The van der Waals surface area contributed by atoms with Crippen molar-refractivity contribution in [2.24, 2.45) is 0 Å². The van der Waals surface area contributed by atoms with Gasteiger partial charge in [0.25, 0.3) is 0 Å². The summed E-state index contributed by atoms with van der Waals surface area (Å²) in [5, 5.41) is 14.3. The Hall–Kier alpha value is -1.88. The minimum Gasteiger partial charge on any atom is -0.486 e. The minimum absolute atomic E-state index is 0.261. The molecule has 0 radical (unpaired) electrons. The Balaban J connectivity index is 1.74. The van der Waals surface area contributed by atoms with E-state index in [2.05, 4.69) is 30.0 Å². The molecule has 21 heavy (non-hydrogen) atoms. The molecule has 5 heteroatoms. The maximum atomic E-state index is 10.1. The molecule has 1 unspecified atom stereocenters. The maximum Gasteiger partial charge on any atom is 0.165 e. The molecule has 1 aliphatic carbocycles. The van der Waals surface area contributed by atoms with Crippen LogP contribution in [0.15, 0.2) is 24.5 Å². The van der Waals surface area contributed by atoms with Gasteiger partial charge in [-0.3, -0.25) is 0 Å². The summed E-state index contributed by atoms with van der Waals surface area (Å²) >= 11 is 0. The molecule has 1 heterocycles. The lowest BCUT2D eigenvalue weighted by Gasteiger charge is -2.22. The zero-order chi connectivity index (χ0) is 14.8. The van der Waals surface area contributed by atoms with Crippen molar-refractivity contribution in [3.63, 3.8) is 0 Å². The van der Waals surface area contributed by atoms with Gasteiger partial charge in [0, 0.05) is 6.04 Å². The van der Waals surface area contributed by atoms with Gasteiger partial charge in [0.2, 0.25) is 0 Å². The monoisotopic (exact) mass is 287 g/mol. The Labute approximate surface area is 124 Å². The molecule has 1 aromatic heterocycles. The van der Waals surface area contributed by atoms with Gasteiger partial charge in [-0.1, -0.05) is 6.07 Å². The topological polar surface area (TPSA) is 60.2 Å². The van der Waals surface area contributed by atoms with Crippen molar-refractivity contribution in [1.29, 1.82) is 0 Å².